The molecule has 0 aliphatic heterocycles. The normalized spacial score (nSPS) is 11.0. The van der Waals surface area contributed by atoms with Gasteiger partial charge in [-0.1, -0.05) is 18.2 Å². The van der Waals surface area contributed by atoms with E-state index in [0.717, 1.165) is 29.0 Å². The summed E-state index contributed by atoms with van der Waals surface area (Å²) in [7, 11) is 1.92. The molecule has 0 spiro atoms. The molecule has 2 heterocycles. The standard InChI is InChI=1S/C17H20N4/c1-11-5-6-14(7-12(11)2)9-18-15-8-16-13(3)20-21(4)17(16)19-10-15/h5-8,10,18H,9H2,1-4H3. The van der Waals surface area contributed by atoms with Crippen molar-refractivity contribution in [1.82, 2.24) is 14.8 Å². The molecular weight excluding hydrogens is 260 g/mol. The molecule has 21 heavy (non-hydrogen) atoms. The fraction of sp³-hybridized carbons (Fsp3) is 0.294. The van der Waals surface area contributed by atoms with E-state index in [1.165, 1.54) is 16.7 Å². The topological polar surface area (TPSA) is 42.7 Å². The molecule has 4 nitrogen and oxygen atoms in total. The second kappa shape index (κ2) is 5.20. The molecule has 0 bridgehead atoms. The van der Waals surface area contributed by atoms with Crippen molar-refractivity contribution in [3.63, 3.8) is 0 Å². The molecule has 0 aliphatic rings. The first-order chi connectivity index (χ1) is 10.0. The van der Waals surface area contributed by atoms with Crippen molar-refractivity contribution < 1.29 is 0 Å². The Bertz CT molecular complexity index is 802. The lowest BCUT2D eigenvalue weighted by Gasteiger charge is -2.08. The zero-order chi connectivity index (χ0) is 15.0. The molecule has 0 unspecified atom stereocenters. The van der Waals surface area contributed by atoms with E-state index in [-0.39, 0.29) is 0 Å². The number of rotatable bonds is 3. The van der Waals surface area contributed by atoms with Gasteiger partial charge in [0.1, 0.15) is 0 Å². The molecule has 108 valence electrons. The van der Waals surface area contributed by atoms with Gasteiger partial charge in [-0.15, -0.1) is 0 Å². The van der Waals surface area contributed by atoms with E-state index < -0.39 is 0 Å². The SMILES string of the molecule is Cc1ccc(CNc2cnc3c(c2)c(C)nn3C)cc1C. The number of hydrogen-bond donors (Lipinski definition) is 1. The minimum Gasteiger partial charge on any atom is -0.380 e. The fourth-order valence-electron chi connectivity index (χ4n) is 2.52. The molecule has 3 rings (SSSR count). The predicted molar refractivity (Wildman–Crippen MR) is 86.5 cm³/mol. The van der Waals surface area contributed by atoms with E-state index in [2.05, 4.69) is 53.5 Å². The molecule has 0 fully saturated rings. The van der Waals surface area contributed by atoms with Gasteiger partial charge in [0, 0.05) is 19.0 Å². The number of anilines is 1. The minimum atomic E-state index is 0.799. The number of aromatic nitrogens is 3. The average molecular weight is 280 g/mol. The Morgan fingerprint density at radius 3 is 2.67 bits per heavy atom. The van der Waals surface area contributed by atoms with Crippen molar-refractivity contribution >= 4 is 16.7 Å². The molecule has 1 aromatic carbocycles. The number of hydrogen-bond acceptors (Lipinski definition) is 3. The van der Waals surface area contributed by atoms with Gasteiger partial charge in [-0.2, -0.15) is 5.10 Å². The van der Waals surface area contributed by atoms with Gasteiger partial charge in [-0.3, -0.25) is 4.68 Å². The molecule has 1 N–H and O–H groups in total. The summed E-state index contributed by atoms with van der Waals surface area (Å²) < 4.78 is 1.82. The number of benzene rings is 1. The zero-order valence-electron chi connectivity index (χ0n) is 12.9. The highest BCUT2D eigenvalue weighted by atomic mass is 15.3. The largest absolute Gasteiger partial charge is 0.380 e. The van der Waals surface area contributed by atoms with Crippen molar-refractivity contribution in [2.24, 2.45) is 7.05 Å². The van der Waals surface area contributed by atoms with Crippen LogP contribution in [0.5, 0.6) is 0 Å². The Balaban J connectivity index is 1.81. The van der Waals surface area contributed by atoms with Crippen molar-refractivity contribution in [3.05, 3.63) is 52.8 Å². The average Bonchev–Trinajstić information content (AvgIpc) is 2.75. The molecule has 0 amide bonds. The number of fused-ring (bicyclic) bond motifs is 1. The molecule has 3 aromatic rings. The Labute approximate surface area is 124 Å². The van der Waals surface area contributed by atoms with E-state index in [0.29, 0.717) is 0 Å². The molecule has 0 saturated carbocycles. The van der Waals surface area contributed by atoms with Gasteiger partial charge in [-0.05, 0) is 43.5 Å². The summed E-state index contributed by atoms with van der Waals surface area (Å²) in [6.45, 7) is 7.09. The summed E-state index contributed by atoms with van der Waals surface area (Å²) >= 11 is 0. The third-order valence-corrected chi connectivity index (χ3v) is 3.93. The molecular formula is C17H20N4. The predicted octanol–water partition coefficient (Wildman–Crippen LogP) is 3.51. The third-order valence-electron chi connectivity index (χ3n) is 3.93. The molecule has 2 aromatic heterocycles. The number of pyridine rings is 1. The van der Waals surface area contributed by atoms with Gasteiger partial charge in [0.25, 0.3) is 0 Å². The summed E-state index contributed by atoms with van der Waals surface area (Å²) in [6.07, 6.45) is 1.87. The summed E-state index contributed by atoms with van der Waals surface area (Å²) in [5.74, 6) is 0. The van der Waals surface area contributed by atoms with Crippen molar-refractivity contribution in [1.29, 1.82) is 0 Å². The summed E-state index contributed by atoms with van der Waals surface area (Å²) in [4.78, 5) is 4.48. The van der Waals surface area contributed by atoms with Gasteiger partial charge < -0.3 is 5.32 Å². The summed E-state index contributed by atoms with van der Waals surface area (Å²) in [6, 6.07) is 8.67. The first-order valence-corrected chi connectivity index (χ1v) is 7.14. The van der Waals surface area contributed by atoms with Crippen LogP contribution in [-0.4, -0.2) is 14.8 Å². The van der Waals surface area contributed by atoms with Crippen LogP contribution in [0.1, 0.15) is 22.4 Å². The number of nitrogens with one attached hydrogen (secondary N) is 1. The lowest BCUT2D eigenvalue weighted by molar-refractivity contribution is 0.774. The Morgan fingerprint density at radius 2 is 1.90 bits per heavy atom. The molecule has 0 saturated heterocycles. The maximum atomic E-state index is 4.48. The first kappa shape index (κ1) is 13.6. The first-order valence-electron chi connectivity index (χ1n) is 7.14. The highest BCUT2D eigenvalue weighted by Gasteiger charge is 2.06. The lowest BCUT2D eigenvalue weighted by Crippen LogP contribution is -2.01. The fourth-order valence-corrected chi connectivity index (χ4v) is 2.52. The van der Waals surface area contributed by atoms with Crippen LogP contribution in [0, 0.1) is 20.8 Å². The van der Waals surface area contributed by atoms with E-state index in [4.69, 9.17) is 0 Å². The second-order valence-corrected chi connectivity index (χ2v) is 5.58. The maximum Gasteiger partial charge on any atom is 0.157 e. The van der Waals surface area contributed by atoms with Crippen LogP contribution in [0.25, 0.3) is 11.0 Å². The molecule has 0 atom stereocenters. The Kier molecular flexibility index (Phi) is 3.37. The van der Waals surface area contributed by atoms with Crippen molar-refractivity contribution in [2.45, 2.75) is 27.3 Å². The quantitative estimate of drug-likeness (QED) is 0.798. The number of aryl methyl sites for hydroxylation is 4. The molecule has 4 heteroatoms. The van der Waals surface area contributed by atoms with Gasteiger partial charge >= 0.3 is 0 Å². The van der Waals surface area contributed by atoms with Gasteiger partial charge in [0.2, 0.25) is 0 Å². The highest BCUT2D eigenvalue weighted by Crippen LogP contribution is 2.20. The van der Waals surface area contributed by atoms with Crippen LogP contribution >= 0.6 is 0 Å². The number of nitrogens with zero attached hydrogens (tertiary/aromatic N) is 3. The van der Waals surface area contributed by atoms with Crippen LogP contribution in [0.4, 0.5) is 5.69 Å². The van der Waals surface area contributed by atoms with E-state index in [9.17, 15) is 0 Å². The second-order valence-electron chi connectivity index (χ2n) is 5.58. The highest BCUT2D eigenvalue weighted by molar-refractivity contribution is 5.81. The van der Waals surface area contributed by atoms with E-state index in [1.807, 2.05) is 24.9 Å². The zero-order valence-corrected chi connectivity index (χ0v) is 12.9. The van der Waals surface area contributed by atoms with Gasteiger partial charge in [0.05, 0.1) is 17.6 Å². The minimum absolute atomic E-state index is 0.799. The van der Waals surface area contributed by atoms with E-state index in [1.54, 1.807) is 0 Å². The molecule has 0 radical (unpaired) electrons. The van der Waals surface area contributed by atoms with Gasteiger partial charge in [-0.25, -0.2) is 4.98 Å². The summed E-state index contributed by atoms with van der Waals surface area (Å²) in [5, 5.41) is 8.93. The van der Waals surface area contributed by atoms with Crippen LogP contribution in [-0.2, 0) is 13.6 Å². The van der Waals surface area contributed by atoms with Crippen molar-refractivity contribution in [3.8, 4) is 0 Å². The third kappa shape index (κ3) is 2.61. The van der Waals surface area contributed by atoms with Gasteiger partial charge in [0.15, 0.2) is 5.65 Å². The van der Waals surface area contributed by atoms with Crippen LogP contribution < -0.4 is 5.32 Å². The Hall–Kier alpha value is -2.36. The lowest BCUT2D eigenvalue weighted by atomic mass is 10.1. The molecule has 0 aliphatic carbocycles. The van der Waals surface area contributed by atoms with Crippen LogP contribution in [0.3, 0.4) is 0 Å². The van der Waals surface area contributed by atoms with E-state index >= 15 is 0 Å². The maximum absolute atomic E-state index is 4.48. The summed E-state index contributed by atoms with van der Waals surface area (Å²) in [5.41, 5.74) is 6.88. The van der Waals surface area contributed by atoms with Crippen LogP contribution in [0.2, 0.25) is 0 Å². The van der Waals surface area contributed by atoms with Crippen LogP contribution in [0.15, 0.2) is 30.5 Å². The van der Waals surface area contributed by atoms with Crippen molar-refractivity contribution in [2.75, 3.05) is 5.32 Å². The Morgan fingerprint density at radius 1 is 1.10 bits per heavy atom. The monoisotopic (exact) mass is 280 g/mol. The smallest absolute Gasteiger partial charge is 0.157 e.